The van der Waals surface area contributed by atoms with Crippen LogP contribution in [0.3, 0.4) is 0 Å². The first kappa shape index (κ1) is 8.31. The zero-order valence-electron chi connectivity index (χ0n) is 7.76. The molecule has 1 unspecified atom stereocenters. The lowest BCUT2D eigenvalue weighted by Crippen LogP contribution is -2.11. The summed E-state index contributed by atoms with van der Waals surface area (Å²) < 4.78 is 0. The van der Waals surface area contributed by atoms with Crippen LogP contribution in [0.2, 0.25) is 0 Å². The van der Waals surface area contributed by atoms with Gasteiger partial charge in [0.15, 0.2) is 0 Å². The molecule has 1 heteroatoms. The van der Waals surface area contributed by atoms with Crippen molar-refractivity contribution in [3.8, 4) is 0 Å². The number of rotatable bonds is 2. The molecule has 2 fully saturated rings. The lowest BCUT2D eigenvalue weighted by Gasteiger charge is -2.23. The van der Waals surface area contributed by atoms with Gasteiger partial charge in [0.05, 0.1) is 0 Å². The Labute approximate surface area is 75.0 Å². The lowest BCUT2D eigenvalue weighted by molar-refractivity contribution is 0.373. The summed E-state index contributed by atoms with van der Waals surface area (Å²) in [6.07, 6.45) is 10.8. The molecule has 0 saturated heterocycles. The molecule has 0 amide bonds. The fourth-order valence-electron chi connectivity index (χ4n) is 2.45. The maximum atomic E-state index is 5.52. The molecule has 0 aromatic carbocycles. The van der Waals surface area contributed by atoms with Crippen LogP contribution in [0, 0.1) is 11.8 Å². The quantitative estimate of drug-likeness (QED) is 0.625. The minimum Gasteiger partial charge on any atom is -0.327 e. The van der Waals surface area contributed by atoms with Gasteiger partial charge in [-0.3, -0.25) is 0 Å². The summed E-state index contributed by atoms with van der Waals surface area (Å²) >= 11 is 0. The highest BCUT2D eigenvalue weighted by Gasteiger charge is 2.32. The van der Waals surface area contributed by atoms with Gasteiger partial charge in [-0.05, 0) is 50.4 Å². The van der Waals surface area contributed by atoms with E-state index in [2.05, 4.69) is 6.08 Å². The van der Waals surface area contributed by atoms with E-state index in [0.717, 1.165) is 18.4 Å². The molecule has 1 atom stereocenters. The van der Waals surface area contributed by atoms with Crippen LogP contribution < -0.4 is 5.73 Å². The average Bonchev–Trinajstić information content (AvgIpc) is 2.88. The first-order valence-electron chi connectivity index (χ1n) is 5.28. The predicted octanol–water partition coefficient (Wildman–Crippen LogP) is 2.47. The van der Waals surface area contributed by atoms with E-state index >= 15 is 0 Å². The number of nitrogens with two attached hydrogens (primary N) is 1. The molecular formula is C11H19N. The maximum absolute atomic E-state index is 5.52. The average molecular weight is 165 g/mol. The molecule has 12 heavy (non-hydrogen) atoms. The third-order valence-electron chi connectivity index (χ3n) is 3.29. The fraction of sp³-hybridized carbons (Fsp3) is 0.818. The second-order valence-corrected chi connectivity index (χ2v) is 4.29. The Kier molecular flexibility index (Phi) is 2.50. The van der Waals surface area contributed by atoms with Gasteiger partial charge in [0.1, 0.15) is 0 Å². The van der Waals surface area contributed by atoms with E-state index < -0.39 is 0 Å². The van der Waals surface area contributed by atoms with Crippen LogP contribution in [0.25, 0.3) is 0 Å². The molecule has 2 aliphatic carbocycles. The highest BCUT2D eigenvalue weighted by Crippen LogP contribution is 2.45. The summed E-state index contributed by atoms with van der Waals surface area (Å²) in [4.78, 5) is 0. The summed E-state index contributed by atoms with van der Waals surface area (Å²) in [6, 6.07) is 0. The zero-order chi connectivity index (χ0) is 8.39. The van der Waals surface area contributed by atoms with Crippen molar-refractivity contribution < 1.29 is 0 Å². The minimum absolute atomic E-state index is 0.743. The topological polar surface area (TPSA) is 26.0 Å². The van der Waals surface area contributed by atoms with Crippen molar-refractivity contribution in [3.05, 3.63) is 11.6 Å². The van der Waals surface area contributed by atoms with Crippen LogP contribution in [0.1, 0.15) is 38.5 Å². The second-order valence-electron chi connectivity index (χ2n) is 4.29. The van der Waals surface area contributed by atoms with Crippen LogP contribution >= 0.6 is 0 Å². The third-order valence-corrected chi connectivity index (χ3v) is 3.29. The van der Waals surface area contributed by atoms with Crippen molar-refractivity contribution in [2.75, 3.05) is 6.54 Å². The molecule has 2 N–H and O–H groups in total. The van der Waals surface area contributed by atoms with E-state index in [9.17, 15) is 0 Å². The first-order valence-corrected chi connectivity index (χ1v) is 5.28. The minimum atomic E-state index is 0.743. The van der Waals surface area contributed by atoms with Gasteiger partial charge in [-0.15, -0.1) is 0 Å². The molecule has 0 aromatic heterocycles. The van der Waals surface area contributed by atoms with Crippen LogP contribution in [0.15, 0.2) is 11.6 Å². The largest absolute Gasteiger partial charge is 0.327 e. The molecule has 0 spiro atoms. The Morgan fingerprint density at radius 3 is 2.75 bits per heavy atom. The van der Waals surface area contributed by atoms with Crippen LogP contribution in [0.4, 0.5) is 0 Å². The molecule has 2 rings (SSSR count). The molecule has 0 radical (unpaired) electrons. The van der Waals surface area contributed by atoms with E-state index in [1.807, 2.05) is 0 Å². The number of hydrogen-bond acceptors (Lipinski definition) is 1. The summed E-state index contributed by atoms with van der Waals surface area (Å²) in [7, 11) is 0. The second kappa shape index (κ2) is 3.61. The van der Waals surface area contributed by atoms with Gasteiger partial charge < -0.3 is 5.73 Å². The third kappa shape index (κ3) is 1.89. The van der Waals surface area contributed by atoms with Gasteiger partial charge in [0.2, 0.25) is 0 Å². The smallest absolute Gasteiger partial charge is 0.0109 e. The number of hydrogen-bond donors (Lipinski definition) is 1. The van der Waals surface area contributed by atoms with E-state index in [1.54, 1.807) is 5.57 Å². The lowest BCUT2D eigenvalue weighted by atomic mass is 9.82. The van der Waals surface area contributed by atoms with Crippen molar-refractivity contribution in [1.29, 1.82) is 0 Å². The van der Waals surface area contributed by atoms with Gasteiger partial charge >= 0.3 is 0 Å². The molecule has 2 saturated carbocycles. The number of allylic oxidation sites excluding steroid dienone is 1. The SMILES string of the molecule is NCC=C1CCCC(C2CC2)C1. The van der Waals surface area contributed by atoms with E-state index in [1.165, 1.54) is 38.5 Å². The summed E-state index contributed by atoms with van der Waals surface area (Å²) in [5.41, 5.74) is 7.16. The van der Waals surface area contributed by atoms with Crippen molar-refractivity contribution in [3.63, 3.8) is 0 Å². The Morgan fingerprint density at radius 2 is 2.08 bits per heavy atom. The molecule has 0 aliphatic heterocycles. The molecule has 1 nitrogen and oxygen atoms in total. The maximum Gasteiger partial charge on any atom is 0.0109 e. The Hall–Kier alpha value is -0.300. The normalized spacial score (nSPS) is 34.1. The zero-order valence-corrected chi connectivity index (χ0v) is 7.76. The van der Waals surface area contributed by atoms with Crippen molar-refractivity contribution in [2.45, 2.75) is 38.5 Å². The fourth-order valence-corrected chi connectivity index (χ4v) is 2.45. The van der Waals surface area contributed by atoms with Crippen LogP contribution in [0.5, 0.6) is 0 Å². The van der Waals surface area contributed by atoms with Crippen molar-refractivity contribution in [2.24, 2.45) is 17.6 Å². The van der Waals surface area contributed by atoms with Gasteiger partial charge in [-0.25, -0.2) is 0 Å². The van der Waals surface area contributed by atoms with E-state index in [-0.39, 0.29) is 0 Å². The van der Waals surface area contributed by atoms with Gasteiger partial charge in [-0.1, -0.05) is 11.6 Å². The van der Waals surface area contributed by atoms with Crippen LogP contribution in [-0.2, 0) is 0 Å². The summed E-state index contributed by atoms with van der Waals surface area (Å²) in [5, 5.41) is 0. The highest BCUT2D eigenvalue weighted by molar-refractivity contribution is 5.08. The van der Waals surface area contributed by atoms with Crippen LogP contribution in [-0.4, -0.2) is 6.54 Å². The Balaban J connectivity index is 1.89. The standard InChI is InChI=1S/C11H19N/c12-7-6-9-2-1-3-11(8-9)10-4-5-10/h6,10-11H,1-5,7-8,12H2. The van der Waals surface area contributed by atoms with E-state index in [4.69, 9.17) is 5.73 Å². The monoisotopic (exact) mass is 165 g/mol. The predicted molar refractivity (Wildman–Crippen MR) is 51.8 cm³/mol. The van der Waals surface area contributed by atoms with Gasteiger partial charge in [0.25, 0.3) is 0 Å². The molecule has 0 aromatic rings. The molecule has 0 heterocycles. The first-order chi connectivity index (χ1) is 5.90. The van der Waals surface area contributed by atoms with Crippen molar-refractivity contribution >= 4 is 0 Å². The molecular weight excluding hydrogens is 146 g/mol. The van der Waals surface area contributed by atoms with Crippen molar-refractivity contribution in [1.82, 2.24) is 0 Å². The molecule has 68 valence electrons. The molecule has 0 bridgehead atoms. The molecule has 2 aliphatic rings. The van der Waals surface area contributed by atoms with Gasteiger partial charge in [0, 0.05) is 6.54 Å². The highest BCUT2D eigenvalue weighted by atomic mass is 14.5. The Bertz CT molecular complexity index is 179. The van der Waals surface area contributed by atoms with Gasteiger partial charge in [-0.2, -0.15) is 0 Å². The van der Waals surface area contributed by atoms with E-state index in [0.29, 0.717) is 0 Å². The summed E-state index contributed by atoms with van der Waals surface area (Å²) in [5.74, 6) is 2.11. The summed E-state index contributed by atoms with van der Waals surface area (Å²) in [6.45, 7) is 0.743. The Morgan fingerprint density at radius 1 is 1.25 bits per heavy atom.